The van der Waals surface area contributed by atoms with Gasteiger partial charge in [-0.3, -0.25) is 9.59 Å². The molecule has 9 heteroatoms. The van der Waals surface area contributed by atoms with Crippen molar-refractivity contribution in [1.29, 1.82) is 0 Å². The number of amides is 2. The maximum Gasteiger partial charge on any atom is 0.273 e. The molecule has 0 radical (unpaired) electrons. The molecule has 0 fully saturated rings. The minimum Gasteiger partial charge on any atom is -0.350 e. The average molecular weight is 453 g/mol. The van der Waals surface area contributed by atoms with Crippen molar-refractivity contribution < 1.29 is 9.59 Å². The van der Waals surface area contributed by atoms with Gasteiger partial charge in [0.2, 0.25) is 5.91 Å². The highest BCUT2D eigenvalue weighted by Gasteiger charge is 2.17. The van der Waals surface area contributed by atoms with Gasteiger partial charge in [-0.25, -0.2) is 9.67 Å². The van der Waals surface area contributed by atoms with Crippen molar-refractivity contribution in [1.82, 2.24) is 19.7 Å². The van der Waals surface area contributed by atoms with Gasteiger partial charge in [0.1, 0.15) is 24.4 Å². The fraction of sp³-hybridized carbons (Fsp3) is 0.100. The molecule has 0 aliphatic heterocycles. The summed E-state index contributed by atoms with van der Waals surface area (Å²) in [6, 6.07) is 14.1. The summed E-state index contributed by atoms with van der Waals surface area (Å²) in [6.45, 7) is 1.73. The zero-order valence-electron chi connectivity index (χ0n) is 15.4. The molecule has 4 rings (SSSR count). The standard InChI is InChI=1S/C20H17BrN6O2/c1-12(27-11-22-10-23-27)19(28)24-13-6-8-14(9-7-13)25-20(29)18-17(21)15-4-2-3-5-16(15)26-18/h2-12,26H,1H3,(H,24,28)(H,25,29). The molecule has 146 valence electrons. The van der Waals surface area contributed by atoms with E-state index in [1.165, 1.54) is 17.3 Å². The van der Waals surface area contributed by atoms with Crippen LogP contribution < -0.4 is 10.6 Å². The number of nitrogens with zero attached hydrogens (tertiary/aromatic N) is 3. The second-order valence-electron chi connectivity index (χ2n) is 6.43. The van der Waals surface area contributed by atoms with Crippen LogP contribution in [0.3, 0.4) is 0 Å². The molecule has 8 nitrogen and oxygen atoms in total. The summed E-state index contributed by atoms with van der Waals surface area (Å²) in [4.78, 5) is 31.9. The minimum absolute atomic E-state index is 0.214. The number of hydrogen-bond donors (Lipinski definition) is 3. The van der Waals surface area contributed by atoms with E-state index in [0.29, 0.717) is 17.1 Å². The second-order valence-corrected chi connectivity index (χ2v) is 7.22. The molecular formula is C20H17BrN6O2. The number of hydrogen-bond acceptors (Lipinski definition) is 4. The van der Waals surface area contributed by atoms with Crippen LogP contribution in [-0.2, 0) is 4.79 Å². The van der Waals surface area contributed by atoms with Crippen LogP contribution in [-0.4, -0.2) is 31.6 Å². The maximum atomic E-state index is 12.6. The Balaban J connectivity index is 1.43. The van der Waals surface area contributed by atoms with Gasteiger partial charge in [0.05, 0.1) is 4.47 Å². The molecule has 2 aromatic heterocycles. The van der Waals surface area contributed by atoms with Crippen LogP contribution in [0.5, 0.6) is 0 Å². The van der Waals surface area contributed by atoms with E-state index in [1.54, 1.807) is 31.2 Å². The molecule has 2 amide bonds. The lowest BCUT2D eigenvalue weighted by Gasteiger charge is -2.12. The van der Waals surface area contributed by atoms with Gasteiger partial charge in [0, 0.05) is 22.3 Å². The van der Waals surface area contributed by atoms with Gasteiger partial charge in [-0.2, -0.15) is 5.10 Å². The highest BCUT2D eigenvalue weighted by molar-refractivity contribution is 9.10. The van der Waals surface area contributed by atoms with Crippen molar-refractivity contribution in [3.63, 3.8) is 0 Å². The van der Waals surface area contributed by atoms with Crippen LogP contribution in [0.25, 0.3) is 10.9 Å². The average Bonchev–Trinajstić information content (AvgIpc) is 3.38. The monoisotopic (exact) mass is 452 g/mol. The number of anilines is 2. The summed E-state index contributed by atoms with van der Waals surface area (Å²) >= 11 is 3.48. The summed E-state index contributed by atoms with van der Waals surface area (Å²) in [5.74, 6) is -0.473. The number of halogens is 1. The Morgan fingerprint density at radius 1 is 1.07 bits per heavy atom. The molecule has 2 heterocycles. The molecule has 2 aromatic carbocycles. The Bertz CT molecular complexity index is 1170. The van der Waals surface area contributed by atoms with E-state index < -0.39 is 6.04 Å². The van der Waals surface area contributed by atoms with E-state index in [4.69, 9.17) is 0 Å². The van der Waals surface area contributed by atoms with Crippen LogP contribution in [0.4, 0.5) is 11.4 Å². The first-order valence-electron chi connectivity index (χ1n) is 8.85. The zero-order chi connectivity index (χ0) is 20.4. The number of H-pyrrole nitrogens is 1. The summed E-state index contributed by atoms with van der Waals surface area (Å²) in [5.41, 5.74) is 2.56. The molecule has 0 saturated heterocycles. The van der Waals surface area contributed by atoms with Gasteiger partial charge in [-0.15, -0.1) is 0 Å². The van der Waals surface area contributed by atoms with Gasteiger partial charge in [0.25, 0.3) is 5.91 Å². The lowest BCUT2D eigenvalue weighted by atomic mass is 10.2. The van der Waals surface area contributed by atoms with E-state index in [9.17, 15) is 9.59 Å². The molecule has 0 aliphatic rings. The third-order valence-electron chi connectivity index (χ3n) is 4.49. The highest BCUT2D eigenvalue weighted by Crippen LogP contribution is 2.28. The number of benzene rings is 2. The molecule has 0 aliphatic carbocycles. The summed E-state index contributed by atoms with van der Waals surface area (Å²) in [7, 11) is 0. The van der Waals surface area contributed by atoms with Crippen LogP contribution in [0, 0.1) is 0 Å². The molecule has 3 N–H and O–H groups in total. The minimum atomic E-state index is -0.490. The van der Waals surface area contributed by atoms with Gasteiger partial charge >= 0.3 is 0 Å². The third kappa shape index (κ3) is 3.90. The van der Waals surface area contributed by atoms with Crippen molar-refractivity contribution in [2.75, 3.05) is 10.6 Å². The first-order valence-corrected chi connectivity index (χ1v) is 9.65. The summed E-state index contributed by atoms with van der Waals surface area (Å²) in [5, 5.41) is 10.6. The van der Waals surface area contributed by atoms with E-state index in [1.807, 2.05) is 24.3 Å². The summed E-state index contributed by atoms with van der Waals surface area (Å²) < 4.78 is 2.19. The Labute approximate surface area is 174 Å². The smallest absolute Gasteiger partial charge is 0.273 e. The SMILES string of the molecule is CC(C(=O)Nc1ccc(NC(=O)c2[nH]c3ccccc3c2Br)cc1)n1cncn1. The van der Waals surface area contributed by atoms with E-state index in [0.717, 1.165) is 15.4 Å². The number of nitrogens with one attached hydrogen (secondary N) is 3. The number of carbonyl (C=O) groups excluding carboxylic acids is 2. The first-order chi connectivity index (χ1) is 14.0. The van der Waals surface area contributed by atoms with E-state index >= 15 is 0 Å². The van der Waals surface area contributed by atoms with Gasteiger partial charge in [-0.1, -0.05) is 18.2 Å². The zero-order valence-corrected chi connectivity index (χ0v) is 17.0. The third-order valence-corrected chi connectivity index (χ3v) is 5.32. The Morgan fingerprint density at radius 3 is 2.41 bits per heavy atom. The Morgan fingerprint density at radius 2 is 1.76 bits per heavy atom. The number of fused-ring (bicyclic) bond motifs is 1. The van der Waals surface area contributed by atoms with E-state index in [-0.39, 0.29) is 11.8 Å². The van der Waals surface area contributed by atoms with Crippen molar-refractivity contribution in [3.8, 4) is 0 Å². The van der Waals surface area contributed by atoms with Crippen LogP contribution in [0.2, 0.25) is 0 Å². The number of carbonyl (C=O) groups is 2. The second kappa shape index (κ2) is 7.88. The quantitative estimate of drug-likeness (QED) is 0.425. The molecule has 1 atom stereocenters. The number of aromatic amines is 1. The van der Waals surface area contributed by atoms with Crippen LogP contribution in [0.15, 0.2) is 65.7 Å². The van der Waals surface area contributed by atoms with Gasteiger partial charge < -0.3 is 15.6 Å². The largest absolute Gasteiger partial charge is 0.350 e. The molecule has 0 spiro atoms. The van der Waals surface area contributed by atoms with Gasteiger partial charge in [-0.05, 0) is 53.2 Å². The molecule has 1 unspecified atom stereocenters. The number of rotatable bonds is 5. The number of para-hydroxylation sites is 1. The Kier molecular flexibility index (Phi) is 5.13. The molecule has 0 bridgehead atoms. The lowest BCUT2D eigenvalue weighted by Crippen LogP contribution is -2.24. The van der Waals surface area contributed by atoms with E-state index in [2.05, 4.69) is 41.6 Å². The van der Waals surface area contributed by atoms with Crippen molar-refractivity contribution in [3.05, 3.63) is 71.4 Å². The molecule has 29 heavy (non-hydrogen) atoms. The summed E-state index contributed by atoms with van der Waals surface area (Å²) in [6.07, 6.45) is 2.87. The van der Waals surface area contributed by atoms with Crippen LogP contribution in [0.1, 0.15) is 23.5 Å². The van der Waals surface area contributed by atoms with Crippen molar-refractivity contribution in [2.24, 2.45) is 0 Å². The highest BCUT2D eigenvalue weighted by atomic mass is 79.9. The Hall–Kier alpha value is -3.46. The maximum absolute atomic E-state index is 12.6. The predicted molar refractivity (Wildman–Crippen MR) is 114 cm³/mol. The molecule has 4 aromatic rings. The number of aromatic nitrogens is 4. The topological polar surface area (TPSA) is 105 Å². The van der Waals surface area contributed by atoms with Crippen LogP contribution >= 0.6 is 15.9 Å². The normalized spacial score (nSPS) is 11.9. The fourth-order valence-electron chi connectivity index (χ4n) is 2.88. The lowest BCUT2D eigenvalue weighted by molar-refractivity contribution is -0.119. The van der Waals surface area contributed by atoms with Crippen molar-refractivity contribution in [2.45, 2.75) is 13.0 Å². The predicted octanol–water partition coefficient (Wildman–Crippen LogP) is 3.97. The molecular weight excluding hydrogens is 436 g/mol. The molecule has 0 saturated carbocycles. The first kappa shape index (κ1) is 18.9. The fourth-order valence-corrected chi connectivity index (χ4v) is 3.50. The van der Waals surface area contributed by atoms with Gasteiger partial charge in [0.15, 0.2) is 0 Å². The van der Waals surface area contributed by atoms with Crippen molar-refractivity contribution >= 4 is 50.0 Å².